The Labute approximate surface area is 131 Å². The van der Waals surface area contributed by atoms with E-state index in [1.165, 1.54) is 23.9 Å². The Balaban J connectivity index is 1.73. The van der Waals surface area contributed by atoms with Crippen molar-refractivity contribution in [3.8, 4) is 0 Å². The van der Waals surface area contributed by atoms with Gasteiger partial charge in [-0.2, -0.15) is 0 Å². The van der Waals surface area contributed by atoms with Crippen molar-refractivity contribution < 1.29 is 9.18 Å². The molecule has 0 fully saturated rings. The van der Waals surface area contributed by atoms with Gasteiger partial charge in [0.1, 0.15) is 5.82 Å². The van der Waals surface area contributed by atoms with Crippen molar-refractivity contribution in [2.45, 2.75) is 17.3 Å². The summed E-state index contributed by atoms with van der Waals surface area (Å²) in [6.45, 7) is 1.77. The summed E-state index contributed by atoms with van der Waals surface area (Å²) < 4.78 is 15.5. The largest absolute Gasteiger partial charge is 0.323 e. The molecule has 0 saturated heterocycles. The zero-order valence-electron chi connectivity index (χ0n) is 11.9. The molecule has 22 heavy (non-hydrogen) atoms. The van der Waals surface area contributed by atoms with Gasteiger partial charge in [0.15, 0.2) is 5.16 Å². The minimum atomic E-state index is -0.445. The number of thioether (sulfide) groups is 1. The van der Waals surface area contributed by atoms with E-state index in [1.807, 2.05) is 28.8 Å². The van der Waals surface area contributed by atoms with E-state index in [9.17, 15) is 9.18 Å². The molecule has 0 aliphatic heterocycles. The number of imidazole rings is 1. The van der Waals surface area contributed by atoms with Gasteiger partial charge in [-0.05, 0) is 31.2 Å². The van der Waals surface area contributed by atoms with Gasteiger partial charge in [0.2, 0.25) is 5.91 Å². The van der Waals surface area contributed by atoms with Crippen molar-refractivity contribution in [3.05, 3.63) is 60.7 Å². The number of para-hydroxylation sites is 1. The number of carbonyl (C=O) groups is 1. The van der Waals surface area contributed by atoms with Gasteiger partial charge in [0.25, 0.3) is 0 Å². The summed E-state index contributed by atoms with van der Waals surface area (Å²) in [5.41, 5.74) is 1.15. The summed E-state index contributed by atoms with van der Waals surface area (Å²) in [5, 5.41) is 2.93. The molecule has 6 heteroatoms. The molecule has 0 unspecified atom stereocenters. The number of aromatic nitrogens is 2. The molecule has 0 bridgehead atoms. The molecular formula is C16H14FN3OS. The quantitative estimate of drug-likeness (QED) is 0.748. The first-order valence-corrected chi connectivity index (χ1v) is 7.67. The Kier molecular flexibility index (Phi) is 4.11. The molecule has 0 aliphatic carbocycles. The number of carbonyl (C=O) groups excluding carboxylic acids is 1. The van der Waals surface area contributed by atoms with E-state index in [-0.39, 0.29) is 11.6 Å². The van der Waals surface area contributed by atoms with Gasteiger partial charge in [0, 0.05) is 6.20 Å². The molecule has 1 amide bonds. The highest BCUT2D eigenvalue weighted by Crippen LogP contribution is 2.24. The van der Waals surface area contributed by atoms with Gasteiger partial charge in [-0.3, -0.25) is 9.20 Å². The van der Waals surface area contributed by atoms with E-state index in [0.29, 0.717) is 0 Å². The van der Waals surface area contributed by atoms with Crippen LogP contribution in [0.4, 0.5) is 10.1 Å². The molecule has 3 aromatic rings. The number of rotatable bonds is 4. The Morgan fingerprint density at radius 2 is 2.05 bits per heavy atom. The van der Waals surface area contributed by atoms with E-state index in [2.05, 4.69) is 10.3 Å². The number of halogens is 1. The number of nitrogens with zero attached hydrogens (tertiary/aromatic N) is 2. The average Bonchev–Trinajstić information content (AvgIpc) is 2.93. The van der Waals surface area contributed by atoms with E-state index in [0.717, 1.165) is 10.7 Å². The summed E-state index contributed by atoms with van der Waals surface area (Å²) in [7, 11) is 0. The minimum Gasteiger partial charge on any atom is -0.323 e. The van der Waals surface area contributed by atoms with Crippen molar-refractivity contribution in [1.29, 1.82) is 0 Å². The van der Waals surface area contributed by atoms with Crippen LogP contribution < -0.4 is 5.32 Å². The average molecular weight is 315 g/mol. The SMILES string of the molecule is C[C@H](Sc1ncc2ccccn12)C(=O)Nc1ccccc1F. The van der Waals surface area contributed by atoms with Crippen LogP contribution >= 0.6 is 11.8 Å². The van der Waals surface area contributed by atoms with Crippen LogP contribution in [0.3, 0.4) is 0 Å². The fourth-order valence-electron chi connectivity index (χ4n) is 2.02. The third-order valence-electron chi connectivity index (χ3n) is 3.19. The maximum Gasteiger partial charge on any atom is 0.237 e. The lowest BCUT2D eigenvalue weighted by Crippen LogP contribution is -2.23. The maximum atomic E-state index is 13.6. The molecule has 0 spiro atoms. The van der Waals surface area contributed by atoms with Crippen molar-refractivity contribution in [3.63, 3.8) is 0 Å². The van der Waals surface area contributed by atoms with Gasteiger partial charge < -0.3 is 5.32 Å². The third kappa shape index (κ3) is 2.96. The van der Waals surface area contributed by atoms with Gasteiger partial charge in [0.05, 0.1) is 22.7 Å². The Hall–Kier alpha value is -2.34. The van der Waals surface area contributed by atoms with Crippen LogP contribution in [0.5, 0.6) is 0 Å². The molecule has 1 aromatic carbocycles. The Morgan fingerprint density at radius 1 is 1.27 bits per heavy atom. The maximum absolute atomic E-state index is 13.6. The van der Waals surface area contributed by atoms with E-state index < -0.39 is 11.1 Å². The molecule has 0 radical (unpaired) electrons. The lowest BCUT2D eigenvalue weighted by Gasteiger charge is -2.11. The van der Waals surface area contributed by atoms with E-state index in [4.69, 9.17) is 0 Å². The normalized spacial score (nSPS) is 12.3. The molecule has 3 rings (SSSR count). The predicted molar refractivity (Wildman–Crippen MR) is 85.5 cm³/mol. The smallest absolute Gasteiger partial charge is 0.237 e. The zero-order valence-corrected chi connectivity index (χ0v) is 12.7. The summed E-state index contributed by atoms with van der Waals surface area (Å²) in [5.74, 6) is -0.706. The van der Waals surface area contributed by atoms with Crippen molar-refractivity contribution in [2.75, 3.05) is 5.32 Å². The number of anilines is 1. The second kappa shape index (κ2) is 6.19. The lowest BCUT2D eigenvalue weighted by molar-refractivity contribution is -0.115. The summed E-state index contributed by atoms with van der Waals surface area (Å²) in [6, 6.07) is 11.9. The second-order valence-electron chi connectivity index (χ2n) is 4.77. The predicted octanol–water partition coefficient (Wildman–Crippen LogP) is 3.59. The van der Waals surface area contributed by atoms with Crippen molar-refractivity contribution in [1.82, 2.24) is 9.38 Å². The molecule has 4 nitrogen and oxygen atoms in total. The molecule has 0 aliphatic rings. The topological polar surface area (TPSA) is 46.4 Å². The number of nitrogens with one attached hydrogen (secondary N) is 1. The number of hydrogen-bond donors (Lipinski definition) is 1. The Morgan fingerprint density at radius 3 is 2.86 bits per heavy atom. The highest BCUT2D eigenvalue weighted by Gasteiger charge is 2.18. The molecular weight excluding hydrogens is 301 g/mol. The van der Waals surface area contributed by atoms with Crippen LogP contribution in [0.25, 0.3) is 5.52 Å². The van der Waals surface area contributed by atoms with Gasteiger partial charge in [-0.1, -0.05) is 30.0 Å². The minimum absolute atomic E-state index is 0.188. The first-order valence-electron chi connectivity index (χ1n) is 6.79. The van der Waals surface area contributed by atoms with Crippen LogP contribution in [-0.2, 0) is 4.79 Å². The van der Waals surface area contributed by atoms with Crippen molar-refractivity contribution in [2.24, 2.45) is 0 Å². The van der Waals surface area contributed by atoms with Crippen LogP contribution in [0.1, 0.15) is 6.92 Å². The van der Waals surface area contributed by atoms with Crippen molar-refractivity contribution >= 4 is 28.9 Å². The standard InChI is InChI=1S/C16H14FN3OS/c1-11(15(21)19-14-8-3-2-7-13(14)17)22-16-18-10-12-6-4-5-9-20(12)16/h2-11H,1H3,(H,19,21)/t11-/m0/s1. The van der Waals surface area contributed by atoms with Crippen LogP contribution in [0, 0.1) is 5.82 Å². The highest BCUT2D eigenvalue weighted by atomic mass is 32.2. The Bertz CT molecular complexity index is 818. The lowest BCUT2D eigenvalue weighted by atomic mass is 10.3. The first-order chi connectivity index (χ1) is 10.6. The van der Waals surface area contributed by atoms with Gasteiger partial charge >= 0.3 is 0 Å². The number of hydrogen-bond acceptors (Lipinski definition) is 3. The van der Waals surface area contributed by atoms with E-state index in [1.54, 1.807) is 25.3 Å². The molecule has 0 saturated carbocycles. The number of amides is 1. The van der Waals surface area contributed by atoms with Crippen LogP contribution in [0.15, 0.2) is 60.0 Å². The van der Waals surface area contributed by atoms with E-state index >= 15 is 0 Å². The van der Waals surface area contributed by atoms with Crippen LogP contribution in [0.2, 0.25) is 0 Å². The highest BCUT2D eigenvalue weighted by molar-refractivity contribution is 8.00. The molecule has 1 N–H and O–H groups in total. The first kappa shape index (κ1) is 14.6. The molecule has 2 aromatic heterocycles. The summed E-state index contributed by atoms with van der Waals surface area (Å²) in [6.07, 6.45) is 3.65. The number of fused-ring (bicyclic) bond motifs is 1. The van der Waals surface area contributed by atoms with Gasteiger partial charge in [-0.15, -0.1) is 0 Å². The summed E-state index contributed by atoms with van der Waals surface area (Å²) in [4.78, 5) is 16.5. The fraction of sp³-hybridized carbons (Fsp3) is 0.125. The van der Waals surface area contributed by atoms with Gasteiger partial charge in [-0.25, -0.2) is 9.37 Å². The third-order valence-corrected chi connectivity index (χ3v) is 4.27. The molecule has 112 valence electrons. The van der Waals surface area contributed by atoms with Crippen LogP contribution in [-0.4, -0.2) is 20.5 Å². The fourth-order valence-corrected chi connectivity index (χ4v) is 2.89. The summed E-state index contributed by atoms with van der Waals surface area (Å²) >= 11 is 1.33. The molecule has 2 heterocycles. The number of benzene rings is 1. The number of pyridine rings is 1. The monoisotopic (exact) mass is 315 g/mol. The zero-order chi connectivity index (χ0) is 15.5. The second-order valence-corrected chi connectivity index (χ2v) is 6.07. The molecule has 1 atom stereocenters.